The van der Waals surface area contributed by atoms with Gasteiger partial charge in [-0.05, 0) is 23.3 Å². The van der Waals surface area contributed by atoms with Crippen molar-refractivity contribution in [3.05, 3.63) is 65.7 Å². The molecule has 152 valence electrons. The van der Waals surface area contributed by atoms with Crippen molar-refractivity contribution in [2.24, 2.45) is 22.4 Å². The third-order valence-corrected chi connectivity index (χ3v) is 6.32. The summed E-state index contributed by atoms with van der Waals surface area (Å²) in [4.78, 5) is 41.9. The van der Waals surface area contributed by atoms with Crippen LogP contribution < -0.4 is 4.90 Å². The van der Waals surface area contributed by atoms with Crippen LogP contribution >= 0.6 is 0 Å². The molecule has 30 heavy (non-hydrogen) atoms. The smallest absolute Gasteiger partial charge is 0.240 e. The van der Waals surface area contributed by atoms with E-state index >= 15 is 0 Å². The highest BCUT2D eigenvalue weighted by Crippen LogP contribution is 2.53. The zero-order valence-electron chi connectivity index (χ0n) is 17.1. The predicted molar refractivity (Wildman–Crippen MR) is 113 cm³/mol. The van der Waals surface area contributed by atoms with E-state index in [0.29, 0.717) is 5.69 Å². The largest absolute Gasteiger partial charge is 0.297 e. The van der Waals surface area contributed by atoms with Crippen LogP contribution in [0.1, 0.15) is 37.9 Å². The zero-order chi connectivity index (χ0) is 21.2. The number of para-hydroxylation sites is 1. The van der Waals surface area contributed by atoms with E-state index in [1.165, 1.54) is 4.90 Å². The first-order chi connectivity index (χ1) is 14.3. The summed E-state index contributed by atoms with van der Waals surface area (Å²) in [5, 5.41) is 6.27. The third-order valence-electron chi connectivity index (χ3n) is 6.32. The first kappa shape index (κ1) is 18.7. The molecule has 6 nitrogen and oxygen atoms in total. The number of nitrogens with zero attached hydrogens (tertiary/aromatic N) is 3. The van der Waals surface area contributed by atoms with Gasteiger partial charge in [0.05, 0.1) is 29.8 Å². The molecule has 5 rings (SSSR count). The highest BCUT2D eigenvalue weighted by Gasteiger charge is 2.66. The quantitative estimate of drug-likeness (QED) is 0.725. The molecule has 0 spiro atoms. The summed E-state index contributed by atoms with van der Waals surface area (Å²) in [5.74, 6) is -2.05. The number of hydrogen-bond donors (Lipinski definition) is 0. The molecule has 4 unspecified atom stereocenters. The second kappa shape index (κ2) is 6.36. The average molecular weight is 401 g/mol. The number of carbonyl (C=O) groups excluding carboxylic acids is 3. The molecular weight excluding hydrogens is 378 g/mol. The van der Waals surface area contributed by atoms with E-state index in [0.717, 1.165) is 11.1 Å². The van der Waals surface area contributed by atoms with Crippen LogP contribution in [0.3, 0.4) is 0 Å². The van der Waals surface area contributed by atoms with Crippen molar-refractivity contribution < 1.29 is 14.4 Å². The van der Waals surface area contributed by atoms with Gasteiger partial charge in [0, 0.05) is 5.41 Å². The third kappa shape index (κ3) is 2.49. The highest BCUT2D eigenvalue weighted by atomic mass is 16.2. The number of hydrogen-bond acceptors (Lipinski definition) is 5. The number of benzene rings is 2. The van der Waals surface area contributed by atoms with Crippen LogP contribution in [0.4, 0.5) is 5.69 Å². The molecule has 2 aromatic carbocycles. The van der Waals surface area contributed by atoms with Crippen LogP contribution in [0.15, 0.2) is 59.7 Å². The SMILES string of the molecule is CC(C)(C)C(=O)C1C2C(=O)N(c3ccccc3)C(=O)C2C2c3ccccc3C=NN12. The Morgan fingerprint density at radius 3 is 2.23 bits per heavy atom. The first-order valence-corrected chi connectivity index (χ1v) is 10.2. The number of amides is 2. The Hall–Kier alpha value is -3.28. The van der Waals surface area contributed by atoms with Crippen molar-refractivity contribution in [1.29, 1.82) is 0 Å². The number of fused-ring (bicyclic) bond motifs is 5. The molecule has 3 heterocycles. The van der Waals surface area contributed by atoms with Crippen molar-refractivity contribution in [3.8, 4) is 0 Å². The Balaban J connectivity index is 1.68. The fourth-order valence-electron chi connectivity index (χ4n) is 4.94. The molecular formula is C24H23N3O3. The number of ketones is 1. The van der Waals surface area contributed by atoms with Crippen molar-refractivity contribution in [2.75, 3.05) is 4.90 Å². The molecule has 4 atom stereocenters. The summed E-state index contributed by atoms with van der Waals surface area (Å²) in [6.07, 6.45) is 1.72. The van der Waals surface area contributed by atoms with E-state index < -0.39 is 29.3 Å². The summed E-state index contributed by atoms with van der Waals surface area (Å²) in [6.45, 7) is 5.53. The molecule has 3 aliphatic heterocycles. The number of carbonyl (C=O) groups is 3. The Kier molecular flexibility index (Phi) is 3.97. The maximum Gasteiger partial charge on any atom is 0.240 e. The molecule has 2 fully saturated rings. The van der Waals surface area contributed by atoms with Gasteiger partial charge >= 0.3 is 0 Å². The molecule has 2 amide bonds. The molecule has 0 bridgehead atoms. The summed E-state index contributed by atoms with van der Waals surface area (Å²) in [7, 11) is 0. The number of hydrazone groups is 1. The number of anilines is 1. The van der Waals surface area contributed by atoms with Crippen LogP contribution in [0, 0.1) is 17.3 Å². The Labute approximate surface area is 175 Å². The zero-order valence-corrected chi connectivity index (χ0v) is 17.1. The van der Waals surface area contributed by atoms with Gasteiger partial charge in [0.15, 0.2) is 5.78 Å². The Bertz CT molecular complexity index is 1090. The van der Waals surface area contributed by atoms with Crippen LogP contribution in [0.5, 0.6) is 0 Å². The van der Waals surface area contributed by atoms with Gasteiger partial charge in [-0.1, -0.05) is 63.2 Å². The van der Waals surface area contributed by atoms with E-state index in [4.69, 9.17) is 0 Å². The summed E-state index contributed by atoms with van der Waals surface area (Å²) >= 11 is 0. The van der Waals surface area contributed by atoms with Gasteiger partial charge < -0.3 is 0 Å². The minimum absolute atomic E-state index is 0.0763. The van der Waals surface area contributed by atoms with Gasteiger partial charge in [0.1, 0.15) is 6.04 Å². The van der Waals surface area contributed by atoms with Crippen molar-refractivity contribution in [3.63, 3.8) is 0 Å². The van der Waals surface area contributed by atoms with E-state index in [1.807, 2.05) is 51.1 Å². The first-order valence-electron chi connectivity index (χ1n) is 10.2. The number of rotatable bonds is 2. The Morgan fingerprint density at radius 1 is 0.900 bits per heavy atom. The fraction of sp³-hybridized carbons (Fsp3) is 0.333. The number of imide groups is 1. The predicted octanol–water partition coefficient (Wildman–Crippen LogP) is 3.18. The lowest BCUT2D eigenvalue weighted by Crippen LogP contribution is -2.48. The fourth-order valence-corrected chi connectivity index (χ4v) is 4.94. The van der Waals surface area contributed by atoms with E-state index in [9.17, 15) is 14.4 Å². The summed E-state index contributed by atoms with van der Waals surface area (Å²) in [5.41, 5.74) is 1.73. The molecule has 0 N–H and O–H groups in total. The molecule has 6 heteroatoms. The lowest BCUT2D eigenvalue weighted by atomic mass is 9.79. The minimum atomic E-state index is -0.769. The maximum absolute atomic E-state index is 13.6. The molecule has 0 radical (unpaired) electrons. The molecule has 0 aromatic heterocycles. The molecule has 3 aliphatic rings. The lowest BCUT2D eigenvalue weighted by molar-refractivity contribution is -0.136. The Morgan fingerprint density at radius 2 is 1.53 bits per heavy atom. The van der Waals surface area contributed by atoms with E-state index in [1.54, 1.807) is 35.5 Å². The monoisotopic (exact) mass is 401 g/mol. The normalized spacial score (nSPS) is 27.2. The van der Waals surface area contributed by atoms with Gasteiger partial charge in [-0.15, -0.1) is 0 Å². The van der Waals surface area contributed by atoms with Crippen molar-refractivity contribution in [1.82, 2.24) is 5.01 Å². The lowest BCUT2D eigenvalue weighted by Gasteiger charge is -2.35. The van der Waals surface area contributed by atoms with Gasteiger partial charge in [-0.3, -0.25) is 19.4 Å². The molecule has 0 saturated carbocycles. The molecule has 2 aromatic rings. The second-order valence-corrected chi connectivity index (χ2v) is 9.16. The van der Waals surface area contributed by atoms with Gasteiger partial charge in [-0.2, -0.15) is 5.10 Å². The van der Waals surface area contributed by atoms with Gasteiger partial charge in [0.25, 0.3) is 0 Å². The van der Waals surface area contributed by atoms with Gasteiger partial charge in [0.2, 0.25) is 11.8 Å². The van der Waals surface area contributed by atoms with Crippen LogP contribution in [0.2, 0.25) is 0 Å². The van der Waals surface area contributed by atoms with Gasteiger partial charge in [-0.25, -0.2) is 4.90 Å². The topological polar surface area (TPSA) is 70.0 Å². The van der Waals surface area contributed by atoms with E-state index in [2.05, 4.69) is 5.10 Å². The average Bonchev–Trinajstić information content (AvgIpc) is 3.20. The van der Waals surface area contributed by atoms with E-state index in [-0.39, 0.29) is 17.6 Å². The van der Waals surface area contributed by atoms with Crippen LogP contribution in [-0.2, 0) is 14.4 Å². The highest BCUT2D eigenvalue weighted by molar-refractivity contribution is 6.24. The number of Topliss-reactive ketones (excluding diaryl/α,β-unsaturated/α-hetero) is 1. The van der Waals surface area contributed by atoms with Crippen molar-refractivity contribution >= 4 is 29.5 Å². The van der Waals surface area contributed by atoms with Crippen LogP contribution in [0.25, 0.3) is 0 Å². The standard InChI is InChI=1S/C24H23N3O3/c1-24(2,3)21(28)20-18-17(19-16-12-8-7-9-14(16)13-25-27(19)20)22(29)26(23(18)30)15-10-5-4-6-11-15/h4-13,17-20H,1-3H3. The van der Waals surface area contributed by atoms with Crippen LogP contribution in [-0.4, -0.2) is 34.9 Å². The van der Waals surface area contributed by atoms with Crippen molar-refractivity contribution in [2.45, 2.75) is 32.9 Å². The maximum atomic E-state index is 13.6. The molecule has 0 aliphatic carbocycles. The second-order valence-electron chi connectivity index (χ2n) is 9.16. The molecule has 2 saturated heterocycles. The summed E-state index contributed by atoms with van der Waals surface area (Å²) < 4.78 is 0. The summed E-state index contributed by atoms with van der Waals surface area (Å²) in [6, 6.07) is 15.5. The minimum Gasteiger partial charge on any atom is -0.297 e.